The number of hydrogen-bond acceptors (Lipinski definition) is 15. The van der Waals surface area contributed by atoms with E-state index in [0.717, 1.165) is 49.8 Å². The number of hydrogen-bond donors (Lipinski definition) is 13. The van der Waals surface area contributed by atoms with E-state index in [1.807, 2.05) is 18.2 Å². The van der Waals surface area contributed by atoms with Crippen molar-refractivity contribution in [1.29, 1.82) is 0 Å². The first-order valence-electron chi connectivity index (χ1n) is 29.4. The first-order chi connectivity index (χ1) is 35.7. The third-order valence-corrected chi connectivity index (χ3v) is 22.9. The second-order valence-electron chi connectivity index (χ2n) is 26.5. The summed E-state index contributed by atoms with van der Waals surface area (Å²) in [4.78, 5) is 17.0. The highest BCUT2D eigenvalue weighted by molar-refractivity contribution is 6.04. The molecule has 1 unspecified atom stereocenters. The molecule has 6 saturated carbocycles. The number of carbonyl (C=O) groups is 1. The number of allylic oxidation sites excluding steroid dienone is 5. The fraction of sp³-hybridized carbons (Fsp3) is 0.817. The van der Waals surface area contributed by atoms with E-state index >= 15 is 4.79 Å². The molecule has 15 nitrogen and oxygen atoms in total. The number of rotatable bonds is 12. The summed E-state index contributed by atoms with van der Waals surface area (Å²) in [7, 11) is 0. The van der Waals surface area contributed by atoms with E-state index in [9.17, 15) is 51.1 Å². The van der Waals surface area contributed by atoms with Crippen molar-refractivity contribution in [3.63, 3.8) is 0 Å². The van der Waals surface area contributed by atoms with Crippen molar-refractivity contribution in [1.82, 2.24) is 10.6 Å². The van der Waals surface area contributed by atoms with Crippen LogP contribution in [0, 0.1) is 74.9 Å². The number of nitrogens with one attached hydrogen (secondary N) is 2. The number of nitrogens with two attached hydrogens (primary N) is 1. The van der Waals surface area contributed by atoms with Crippen LogP contribution in [0.2, 0.25) is 0 Å². The lowest BCUT2D eigenvalue weighted by Gasteiger charge is -2.73. The second kappa shape index (κ2) is 19.3. The molecule has 6 bridgehead atoms. The average Bonchev–Trinajstić information content (AvgIpc) is 4.22. The summed E-state index contributed by atoms with van der Waals surface area (Å²) in [6.07, 6.45) is 11.0. The quantitative estimate of drug-likeness (QED) is 0.0986. The summed E-state index contributed by atoms with van der Waals surface area (Å²) in [6.45, 7) is 4.67. The molecular formula is C60H89N3O12. The molecule has 10 aliphatic carbocycles. The van der Waals surface area contributed by atoms with Crippen LogP contribution in [0.5, 0.6) is 0 Å². The Labute approximate surface area is 443 Å². The predicted octanol–water partition coefficient (Wildman–Crippen LogP) is 3.41. The van der Waals surface area contributed by atoms with Crippen molar-refractivity contribution in [2.45, 2.75) is 221 Å². The van der Waals surface area contributed by atoms with Crippen LogP contribution in [0.25, 0.3) is 0 Å². The van der Waals surface area contributed by atoms with Gasteiger partial charge in [-0.3, -0.25) is 4.79 Å². The number of ether oxygens (including phenoxy) is 1. The minimum atomic E-state index is -2.12. The van der Waals surface area contributed by atoms with E-state index in [0.29, 0.717) is 57.3 Å². The smallest absolute Gasteiger partial charge is 0.187 e. The number of fused-ring (bicyclic) bond motifs is 5. The number of aliphatic hydroxyl groups is 10. The Balaban J connectivity index is 1.18. The summed E-state index contributed by atoms with van der Waals surface area (Å²) in [5.74, 6) is 3.12. The maximum absolute atomic E-state index is 17.0. The van der Waals surface area contributed by atoms with Crippen LogP contribution in [-0.4, -0.2) is 142 Å². The van der Waals surface area contributed by atoms with Crippen LogP contribution in [0.4, 0.5) is 0 Å². The largest absolute Gasteiger partial charge is 0.396 e. The van der Waals surface area contributed by atoms with Gasteiger partial charge in [-0.15, -0.1) is 0 Å². The van der Waals surface area contributed by atoms with Gasteiger partial charge in [0.25, 0.3) is 0 Å². The van der Waals surface area contributed by atoms with Crippen LogP contribution in [0.1, 0.15) is 156 Å². The normalized spacial score (nSPS) is 48.6. The molecule has 21 atom stereocenters. The van der Waals surface area contributed by atoms with Gasteiger partial charge in [-0.05, 0) is 151 Å². The molecule has 2 heterocycles. The van der Waals surface area contributed by atoms with Crippen LogP contribution in [0.3, 0.4) is 0 Å². The molecule has 416 valence electrons. The number of dihydropyridines is 1. The number of aliphatic hydroxyl groups excluding tert-OH is 6. The van der Waals surface area contributed by atoms with Crippen molar-refractivity contribution < 1.29 is 60.6 Å². The van der Waals surface area contributed by atoms with Crippen molar-refractivity contribution >= 4 is 5.78 Å². The summed E-state index contributed by atoms with van der Waals surface area (Å²) < 4.78 is 7.11. The first-order valence-corrected chi connectivity index (χ1v) is 29.4. The van der Waals surface area contributed by atoms with Gasteiger partial charge in [-0.2, -0.15) is 0 Å². The molecule has 75 heavy (non-hydrogen) atoms. The third-order valence-electron chi connectivity index (χ3n) is 22.9. The third kappa shape index (κ3) is 7.53. The van der Waals surface area contributed by atoms with E-state index in [1.54, 1.807) is 19.9 Å². The summed E-state index contributed by atoms with van der Waals surface area (Å²) >= 11 is 0. The van der Waals surface area contributed by atoms with E-state index in [1.165, 1.54) is 0 Å². The fourth-order valence-electron chi connectivity index (χ4n) is 20.1. The van der Waals surface area contributed by atoms with Crippen LogP contribution < -0.4 is 16.4 Å². The minimum absolute atomic E-state index is 0.0361. The Hall–Kier alpha value is -2.69. The van der Waals surface area contributed by atoms with E-state index < -0.39 is 123 Å². The molecule has 0 amide bonds. The molecule has 15 heteroatoms. The summed E-state index contributed by atoms with van der Waals surface area (Å²) in [5, 5.41) is 134. The lowest BCUT2D eigenvalue weighted by atomic mass is 9.31. The fourth-order valence-corrected chi connectivity index (χ4v) is 20.1. The molecule has 0 aromatic heterocycles. The van der Waals surface area contributed by atoms with E-state index in [4.69, 9.17) is 10.5 Å². The summed E-state index contributed by atoms with van der Waals surface area (Å²) in [6, 6.07) is 0. The molecule has 1 saturated heterocycles. The second-order valence-corrected chi connectivity index (χ2v) is 26.5. The highest BCUT2D eigenvalue weighted by atomic mass is 16.5. The highest BCUT2D eigenvalue weighted by Crippen LogP contribution is 2.81. The van der Waals surface area contributed by atoms with Gasteiger partial charge in [0.1, 0.15) is 5.60 Å². The molecule has 4 spiro atoms. The van der Waals surface area contributed by atoms with Crippen molar-refractivity contribution in [2.24, 2.45) is 68.8 Å². The molecule has 12 aliphatic rings. The van der Waals surface area contributed by atoms with Crippen molar-refractivity contribution in [3.8, 4) is 11.8 Å². The van der Waals surface area contributed by atoms with Gasteiger partial charge in [0, 0.05) is 53.4 Å². The molecule has 0 aromatic carbocycles. The standard InChI is InChI=1S/C60H89N3O12/c1-4-9-35-12-14-39-44(16-13-35)75-52-47(39)41(67)11-7-23-60(52,74)53(3,71)45-20-26-59(73)48-49(62-31-34(2)66)51(70)58-30-43(69)42(68)29-55(58)28-36(38-15-17-46(61)63-40(38)10-8-27-64)18-25-56(72,50(48)55)33-57(45,59)37(32-65)19-24-54(58)21-5-6-22-54/h15,17-18,25,34-37,39,41-47,50,52,62-69,71-74H,4-14,16,20-23,26-33,61H2,1-3H3/t34-,35+,36+,37-,39+,41-,42-,43+,44+,45+,46?,47+,50-,52+,53+,55+,56+,57-,58-,59+,60+/m0/s1. The molecular weight excluding hydrogens is 955 g/mol. The average molecular weight is 1040 g/mol. The number of carbonyl (C=O) groups excluding carboxylic acids is 1. The zero-order valence-electron chi connectivity index (χ0n) is 44.7. The van der Waals surface area contributed by atoms with Gasteiger partial charge in [0.05, 0.1) is 83.2 Å². The lowest BCUT2D eigenvalue weighted by Crippen LogP contribution is -2.78. The minimum Gasteiger partial charge on any atom is -0.396 e. The van der Waals surface area contributed by atoms with Crippen molar-refractivity contribution in [3.05, 3.63) is 46.8 Å². The zero-order valence-corrected chi connectivity index (χ0v) is 44.7. The van der Waals surface area contributed by atoms with Gasteiger partial charge >= 0.3 is 0 Å². The monoisotopic (exact) mass is 1040 g/mol. The van der Waals surface area contributed by atoms with E-state index in [2.05, 4.69) is 29.4 Å². The summed E-state index contributed by atoms with van der Waals surface area (Å²) in [5.41, 5.74) is -5.77. The van der Waals surface area contributed by atoms with Gasteiger partial charge in [-0.1, -0.05) is 69.1 Å². The molecule has 0 radical (unpaired) electrons. The van der Waals surface area contributed by atoms with Gasteiger partial charge in [-0.25, -0.2) is 0 Å². The Morgan fingerprint density at radius 1 is 0.947 bits per heavy atom. The Morgan fingerprint density at radius 2 is 1.69 bits per heavy atom. The number of ketones is 1. The maximum Gasteiger partial charge on any atom is 0.187 e. The zero-order chi connectivity index (χ0) is 53.3. The van der Waals surface area contributed by atoms with Gasteiger partial charge < -0.3 is 72.2 Å². The molecule has 0 aromatic rings. The molecule has 12 rings (SSSR count). The van der Waals surface area contributed by atoms with E-state index in [-0.39, 0.29) is 81.4 Å². The maximum atomic E-state index is 17.0. The van der Waals surface area contributed by atoms with Crippen LogP contribution in [0.15, 0.2) is 46.8 Å². The van der Waals surface area contributed by atoms with Crippen molar-refractivity contribution in [2.75, 3.05) is 19.8 Å². The Morgan fingerprint density at radius 3 is 2.41 bits per heavy atom. The number of Topliss-reactive ketones (excluding diaryl/α,β-unsaturated/α-hetero) is 1. The van der Waals surface area contributed by atoms with Gasteiger partial charge in [0.2, 0.25) is 0 Å². The lowest BCUT2D eigenvalue weighted by molar-refractivity contribution is -0.280. The topological polar surface area (TPSA) is 279 Å². The predicted molar refractivity (Wildman–Crippen MR) is 279 cm³/mol. The van der Waals surface area contributed by atoms with Gasteiger partial charge in [0.15, 0.2) is 5.78 Å². The Bertz CT molecular complexity index is 2420. The first kappa shape index (κ1) is 54.3. The highest BCUT2D eigenvalue weighted by Gasteiger charge is 2.85. The van der Waals surface area contributed by atoms with Crippen LogP contribution in [-0.2, 0) is 9.53 Å². The molecule has 2 aliphatic heterocycles. The SMILES string of the molecule is CCC[C@@H]1CC[C@H]2[C@H]3[C@@H](O[C@@H]2CC1)[C@@](O)([C@](C)(O)[C@H]1CC[C@@]2(O)C4=C(NC[C@H](C)O)C(=O)[C@]56C[C@@H](O)[C@@H](O)C[C@@]57C[C@H](C5=C(CCCO)NC(N)C=C5)C=C[C@@](O)(C[C@]12[C@H](CO)C#CC61CCCC1)[C@@H]47)CCC[C@@H]3O. The molecule has 7 fully saturated rings. The van der Waals surface area contributed by atoms with Crippen LogP contribution >= 0.6 is 0 Å². The molecule has 14 N–H and O–H groups in total. The Kier molecular flexibility index (Phi) is 13.9.